The van der Waals surface area contributed by atoms with Gasteiger partial charge in [0.05, 0.1) is 6.61 Å². The number of rotatable bonds is 4. The number of hydrogen-bond donors (Lipinski definition) is 3. The molecule has 3 N–H and O–H groups in total. The van der Waals surface area contributed by atoms with Crippen LogP contribution in [0, 0.1) is 0 Å². The van der Waals surface area contributed by atoms with E-state index in [0.29, 0.717) is 17.0 Å². The number of halogens is 1. The Kier molecular flexibility index (Phi) is 6.38. The van der Waals surface area contributed by atoms with E-state index in [2.05, 4.69) is 0 Å². The summed E-state index contributed by atoms with van der Waals surface area (Å²) >= 11 is 6.42. The molecule has 2 fully saturated rings. The van der Waals surface area contributed by atoms with Crippen molar-refractivity contribution in [2.45, 2.75) is 43.2 Å². The van der Waals surface area contributed by atoms with Crippen molar-refractivity contribution in [1.82, 2.24) is 0 Å². The molecular weight excluding hydrogens is 444 g/mol. The topological polar surface area (TPSA) is 88.4 Å². The summed E-state index contributed by atoms with van der Waals surface area (Å²) in [5, 5.41) is 31.9. The highest BCUT2D eigenvalue weighted by Gasteiger charge is 2.49. The standard InChI is InChI=1S/C26H25ClO6/c27-20-11-8-17(13-18(20)12-15-6-9-19(28)10-7-15)24-22(29)23(30)25-21(32-24)14-31-26(33-25)16-4-2-1-3-5-16/h1-11,13,21-26,28-30H,12,14H2/t21-,22-,23-,24+,25-,26?/m1/s1. The molecule has 2 aliphatic heterocycles. The van der Waals surface area contributed by atoms with Crippen molar-refractivity contribution >= 4 is 11.6 Å². The highest BCUT2D eigenvalue weighted by atomic mass is 35.5. The Labute approximate surface area is 196 Å². The van der Waals surface area contributed by atoms with Gasteiger partial charge in [-0.25, -0.2) is 0 Å². The third-order valence-corrected chi connectivity index (χ3v) is 6.55. The van der Waals surface area contributed by atoms with Crippen LogP contribution in [-0.4, -0.2) is 46.3 Å². The molecule has 172 valence electrons. The van der Waals surface area contributed by atoms with Gasteiger partial charge in [0.2, 0.25) is 0 Å². The zero-order chi connectivity index (χ0) is 22.9. The van der Waals surface area contributed by atoms with Gasteiger partial charge in [-0.05, 0) is 41.3 Å². The van der Waals surface area contributed by atoms with Gasteiger partial charge in [-0.3, -0.25) is 0 Å². The predicted molar refractivity (Wildman–Crippen MR) is 122 cm³/mol. The minimum Gasteiger partial charge on any atom is -0.508 e. The molecule has 0 amide bonds. The van der Waals surface area contributed by atoms with Gasteiger partial charge in [0.15, 0.2) is 6.29 Å². The minimum absolute atomic E-state index is 0.201. The maximum atomic E-state index is 10.9. The Morgan fingerprint density at radius 3 is 2.36 bits per heavy atom. The normalized spacial score (nSPS) is 29.4. The lowest BCUT2D eigenvalue weighted by atomic mass is 9.89. The second kappa shape index (κ2) is 9.43. The van der Waals surface area contributed by atoms with Crippen molar-refractivity contribution in [2.24, 2.45) is 0 Å². The van der Waals surface area contributed by atoms with Crippen LogP contribution in [0.1, 0.15) is 34.6 Å². The molecule has 6 atom stereocenters. The molecule has 0 aliphatic carbocycles. The number of phenolic OH excluding ortho intramolecular Hbond substituents is 1. The monoisotopic (exact) mass is 468 g/mol. The summed E-state index contributed by atoms with van der Waals surface area (Å²) < 4.78 is 18.0. The molecule has 33 heavy (non-hydrogen) atoms. The number of aliphatic hydroxyl groups excluding tert-OH is 2. The molecule has 0 radical (unpaired) electrons. The van der Waals surface area contributed by atoms with Crippen molar-refractivity contribution < 1.29 is 29.5 Å². The third-order valence-electron chi connectivity index (χ3n) is 6.18. The molecular formula is C26H25ClO6. The molecule has 2 heterocycles. The first-order valence-corrected chi connectivity index (χ1v) is 11.3. The molecule has 5 rings (SSSR count). The van der Waals surface area contributed by atoms with Crippen LogP contribution in [0.15, 0.2) is 72.8 Å². The molecule has 2 aliphatic rings. The van der Waals surface area contributed by atoms with Crippen LogP contribution < -0.4 is 0 Å². The number of ether oxygens (including phenoxy) is 3. The van der Waals surface area contributed by atoms with E-state index in [-0.39, 0.29) is 12.4 Å². The lowest BCUT2D eigenvalue weighted by molar-refractivity contribution is -0.330. The molecule has 0 saturated carbocycles. The Morgan fingerprint density at radius 2 is 1.61 bits per heavy atom. The van der Waals surface area contributed by atoms with Gasteiger partial charge in [-0.15, -0.1) is 0 Å². The van der Waals surface area contributed by atoms with Crippen LogP contribution in [0.4, 0.5) is 0 Å². The van der Waals surface area contributed by atoms with E-state index in [1.165, 1.54) is 0 Å². The van der Waals surface area contributed by atoms with Crippen molar-refractivity contribution in [3.05, 3.63) is 100 Å². The highest BCUT2D eigenvalue weighted by molar-refractivity contribution is 6.31. The zero-order valence-electron chi connectivity index (χ0n) is 17.8. The summed E-state index contributed by atoms with van der Waals surface area (Å²) in [5.41, 5.74) is 3.39. The average Bonchev–Trinajstić information content (AvgIpc) is 2.84. The van der Waals surface area contributed by atoms with Crippen LogP contribution in [-0.2, 0) is 20.6 Å². The summed E-state index contributed by atoms with van der Waals surface area (Å²) in [5.74, 6) is 0.201. The van der Waals surface area contributed by atoms with Gasteiger partial charge in [0.1, 0.15) is 36.3 Å². The number of benzene rings is 3. The number of aromatic hydroxyl groups is 1. The molecule has 6 nitrogen and oxygen atoms in total. The second-order valence-corrected chi connectivity index (χ2v) is 8.85. The first kappa shape index (κ1) is 22.3. The fraction of sp³-hybridized carbons (Fsp3) is 0.308. The molecule has 0 bridgehead atoms. The van der Waals surface area contributed by atoms with Crippen molar-refractivity contribution in [3.63, 3.8) is 0 Å². The largest absolute Gasteiger partial charge is 0.508 e. The van der Waals surface area contributed by atoms with Gasteiger partial charge >= 0.3 is 0 Å². The van der Waals surface area contributed by atoms with Gasteiger partial charge in [-0.1, -0.05) is 66.2 Å². The van der Waals surface area contributed by atoms with Gasteiger partial charge < -0.3 is 29.5 Å². The third kappa shape index (κ3) is 4.64. The number of fused-ring (bicyclic) bond motifs is 1. The van der Waals surface area contributed by atoms with Crippen LogP contribution in [0.25, 0.3) is 0 Å². The summed E-state index contributed by atoms with van der Waals surface area (Å²) in [6, 6.07) is 21.8. The Balaban J connectivity index is 1.34. The lowest BCUT2D eigenvalue weighted by Gasteiger charge is -2.46. The van der Waals surface area contributed by atoms with Gasteiger partial charge in [0, 0.05) is 10.6 Å². The minimum atomic E-state index is -1.18. The van der Waals surface area contributed by atoms with E-state index < -0.39 is 36.8 Å². The van der Waals surface area contributed by atoms with E-state index >= 15 is 0 Å². The quantitative estimate of drug-likeness (QED) is 0.538. The Morgan fingerprint density at radius 1 is 0.848 bits per heavy atom. The van der Waals surface area contributed by atoms with Crippen molar-refractivity contribution in [1.29, 1.82) is 0 Å². The first-order valence-electron chi connectivity index (χ1n) is 10.9. The van der Waals surface area contributed by atoms with E-state index in [9.17, 15) is 15.3 Å². The Bertz CT molecular complexity index is 1090. The van der Waals surface area contributed by atoms with Gasteiger partial charge in [0.25, 0.3) is 0 Å². The van der Waals surface area contributed by atoms with E-state index in [0.717, 1.165) is 16.7 Å². The SMILES string of the molecule is Oc1ccc(Cc2cc([C@@H]3O[C@@H]4COC(c5ccccc5)O[C@H]4[C@H](O)[C@H]3O)ccc2Cl)cc1. The number of hydrogen-bond acceptors (Lipinski definition) is 6. The molecule has 7 heteroatoms. The lowest BCUT2D eigenvalue weighted by Crippen LogP contribution is -2.59. The zero-order valence-corrected chi connectivity index (χ0v) is 18.5. The van der Waals surface area contributed by atoms with E-state index in [1.807, 2.05) is 48.5 Å². The van der Waals surface area contributed by atoms with Gasteiger partial charge in [-0.2, -0.15) is 0 Å². The predicted octanol–water partition coefficient (Wildman–Crippen LogP) is 3.91. The summed E-state index contributed by atoms with van der Waals surface area (Å²) in [7, 11) is 0. The summed E-state index contributed by atoms with van der Waals surface area (Å²) in [4.78, 5) is 0. The number of aliphatic hydroxyl groups is 2. The smallest absolute Gasteiger partial charge is 0.184 e. The maximum Gasteiger partial charge on any atom is 0.184 e. The summed E-state index contributed by atoms with van der Waals surface area (Å²) in [6.07, 6.45) is -4.37. The van der Waals surface area contributed by atoms with Crippen molar-refractivity contribution in [2.75, 3.05) is 6.61 Å². The average molecular weight is 469 g/mol. The highest BCUT2D eigenvalue weighted by Crippen LogP contribution is 2.39. The van der Waals surface area contributed by atoms with Crippen LogP contribution in [0.5, 0.6) is 5.75 Å². The summed E-state index contributed by atoms with van der Waals surface area (Å²) in [6.45, 7) is 0.235. The molecule has 3 aromatic rings. The molecule has 2 saturated heterocycles. The van der Waals surface area contributed by atoms with E-state index in [4.69, 9.17) is 25.8 Å². The first-order chi connectivity index (χ1) is 16.0. The molecule has 0 aromatic heterocycles. The molecule has 3 aromatic carbocycles. The van der Waals surface area contributed by atoms with Crippen LogP contribution >= 0.6 is 11.6 Å². The molecule has 1 unspecified atom stereocenters. The fourth-order valence-electron chi connectivity index (χ4n) is 4.41. The van der Waals surface area contributed by atoms with Crippen LogP contribution in [0.2, 0.25) is 5.02 Å². The van der Waals surface area contributed by atoms with E-state index in [1.54, 1.807) is 24.3 Å². The number of phenols is 1. The second-order valence-electron chi connectivity index (χ2n) is 8.45. The molecule has 0 spiro atoms. The van der Waals surface area contributed by atoms with Crippen LogP contribution in [0.3, 0.4) is 0 Å². The van der Waals surface area contributed by atoms with Crippen molar-refractivity contribution in [3.8, 4) is 5.75 Å². The maximum absolute atomic E-state index is 10.9. The fourth-order valence-corrected chi connectivity index (χ4v) is 4.59. The Hall–Kier alpha value is -2.45.